The number of aromatic hydroxyl groups is 1. The van der Waals surface area contributed by atoms with Crippen LogP contribution in [0.15, 0.2) is 40.5 Å². The lowest BCUT2D eigenvalue weighted by Crippen LogP contribution is -2.30. The van der Waals surface area contributed by atoms with Crippen LogP contribution in [0.5, 0.6) is 5.75 Å². The number of rotatable bonds is 7. The van der Waals surface area contributed by atoms with Gasteiger partial charge in [-0.15, -0.1) is 11.3 Å². The number of hydrogen-bond acceptors (Lipinski definition) is 6. The fraction of sp³-hybridized carbons (Fsp3) is 0.286. The molecular weight excluding hydrogens is 392 g/mol. The molecule has 29 heavy (non-hydrogen) atoms. The van der Waals surface area contributed by atoms with Crippen molar-refractivity contribution in [1.29, 1.82) is 0 Å². The molecule has 2 heterocycles. The van der Waals surface area contributed by atoms with Gasteiger partial charge < -0.3 is 19.7 Å². The van der Waals surface area contributed by atoms with Crippen LogP contribution in [0.1, 0.15) is 46.2 Å². The van der Waals surface area contributed by atoms with Crippen LogP contribution < -0.4 is 10.9 Å². The summed E-state index contributed by atoms with van der Waals surface area (Å²) in [6, 6.07) is 8.48. The zero-order valence-corrected chi connectivity index (χ0v) is 17.0. The maximum absolute atomic E-state index is 13.1. The van der Waals surface area contributed by atoms with E-state index in [-0.39, 0.29) is 21.9 Å². The SMILES string of the molecule is CCCCCn1c(=O)c(C(=O)Nc2ccsc2C(=O)OC)c(O)c2ccccc21. The zero-order chi connectivity index (χ0) is 21.0. The largest absolute Gasteiger partial charge is 0.506 e. The monoisotopic (exact) mass is 414 g/mol. The van der Waals surface area contributed by atoms with Crippen LogP contribution in [0.2, 0.25) is 0 Å². The van der Waals surface area contributed by atoms with E-state index < -0.39 is 17.4 Å². The molecule has 2 N–H and O–H groups in total. The number of amides is 1. The van der Waals surface area contributed by atoms with E-state index in [4.69, 9.17) is 4.74 Å². The number of anilines is 1. The Kier molecular flexibility index (Phi) is 6.33. The van der Waals surface area contributed by atoms with Gasteiger partial charge in [0.05, 0.1) is 18.3 Å². The molecule has 3 aromatic rings. The second kappa shape index (κ2) is 8.91. The van der Waals surface area contributed by atoms with E-state index >= 15 is 0 Å². The van der Waals surface area contributed by atoms with Gasteiger partial charge in [0.15, 0.2) is 0 Å². The van der Waals surface area contributed by atoms with Gasteiger partial charge >= 0.3 is 5.97 Å². The van der Waals surface area contributed by atoms with Crippen LogP contribution in [-0.4, -0.2) is 28.7 Å². The molecule has 2 aromatic heterocycles. The van der Waals surface area contributed by atoms with E-state index in [9.17, 15) is 19.5 Å². The number of hydrogen-bond donors (Lipinski definition) is 2. The van der Waals surface area contributed by atoms with Crippen LogP contribution in [0, 0.1) is 0 Å². The van der Waals surface area contributed by atoms with Crippen molar-refractivity contribution < 1.29 is 19.4 Å². The molecule has 0 bridgehead atoms. The first-order valence-corrected chi connectivity index (χ1v) is 10.2. The number of para-hydroxylation sites is 1. The van der Waals surface area contributed by atoms with Gasteiger partial charge in [-0.25, -0.2) is 4.79 Å². The number of pyridine rings is 1. The molecule has 0 unspecified atom stereocenters. The highest BCUT2D eigenvalue weighted by Gasteiger charge is 2.24. The first-order valence-electron chi connectivity index (χ1n) is 9.31. The lowest BCUT2D eigenvalue weighted by atomic mass is 10.1. The van der Waals surface area contributed by atoms with Gasteiger partial charge in [-0.1, -0.05) is 31.9 Å². The fourth-order valence-electron chi connectivity index (χ4n) is 3.18. The molecule has 1 aromatic carbocycles. The summed E-state index contributed by atoms with van der Waals surface area (Å²) in [4.78, 5) is 38.1. The van der Waals surface area contributed by atoms with E-state index in [1.165, 1.54) is 11.7 Å². The number of nitrogens with zero attached hydrogens (tertiary/aromatic N) is 1. The summed E-state index contributed by atoms with van der Waals surface area (Å²) in [5.74, 6) is -1.73. The molecule has 0 spiro atoms. The molecule has 0 aliphatic heterocycles. The van der Waals surface area contributed by atoms with Crippen LogP contribution in [0.25, 0.3) is 10.9 Å². The highest BCUT2D eigenvalue weighted by Crippen LogP contribution is 2.28. The fourth-order valence-corrected chi connectivity index (χ4v) is 3.95. The summed E-state index contributed by atoms with van der Waals surface area (Å²) in [7, 11) is 1.25. The van der Waals surface area contributed by atoms with Crippen LogP contribution in [-0.2, 0) is 11.3 Å². The Morgan fingerprint density at radius 1 is 1.21 bits per heavy atom. The summed E-state index contributed by atoms with van der Waals surface area (Å²) in [6.07, 6.45) is 2.72. The van der Waals surface area contributed by atoms with Crippen molar-refractivity contribution in [3.05, 3.63) is 56.5 Å². The number of carbonyl (C=O) groups is 2. The number of esters is 1. The van der Waals surface area contributed by atoms with Gasteiger partial charge in [0.25, 0.3) is 11.5 Å². The Balaban J connectivity index is 2.07. The number of aromatic nitrogens is 1. The molecule has 1 amide bonds. The van der Waals surface area contributed by atoms with Gasteiger partial charge in [-0.05, 0) is 30.0 Å². The maximum Gasteiger partial charge on any atom is 0.350 e. The molecule has 0 saturated carbocycles. The topological polar surface area (TPSA) is 97.6 Å². The quantitative estimate of drug-likeness (QED) is 0.450. The Bertz CT molecular complexity index is 1120. The Hall–Kier alpha value is -3.13. The van der Waals surface area contributed by atoms with Gasteiger partial charge in [-0.3, -0.25) is 9.59 Å². The van der Waals surface area contributed by atoms with E-state index in [0.717, 1.165) is 30.6 Å². The van der Waals surface area contributed by atoms with Crippen molar-refractivity contribution >= 4 is 39.8 Å². The summed E-state index contributed by atoms with van der Waals surface area (Å²) in [5, 5.41) is 15.3. The molecule has 0 fully saturated rings. The maximum atomic E-state index is 13.1. The molecule has 3 rings (SSSR count). The first-order chi connectivity index (χ1) is 14.0. The lowest BCUT2D eigenvalue weighted by molar-refractivity contribution is 0.0607. The number of unbranched alkanes of at least 4 members (excludes halogenated alkanes) is 2. The van der Waals surface area contributed by atoms with Crippen molar-refractivity contribution in [2.75, 3.05) is 12.4 Å². The molecule has 152 valence electrons. The Labute approximate surface area is 171 Å². The van der Waals surface area contributed by atoms with Gasteiger partial charge in [0.2, 0.25) is 0 Å². The number of fused-ring (bicyclic) bond motifs is 1. The van der Waals surface area contributed by atoms with E-state index in [0.29, 0.717) is 17.4 Å². The van der Waals surface area contributed by atoms with Crippen molar-refractivity contribution in [1.82, 2.24) is 4.57 Å². The Morgan fingerprint density at radius 3 is 2.69 bits per heavy atom. The highest BCUT2D eigenvalue weighted by atomic mass is 32.1. The van der Waals surface area contributed by atoms with Crippen molar-refractivity contribution in [3.8, 4) is 5.75 Å². The summed E-state index contributed by atoms with van der Waals surface area (Å²) >= 11 is 1.11. The standard InChI is InChI=1S/C21H22N2O5S/c1-3-4-7-11-23-15-9-6-5-8-13(15)17(24)16(20(23)26)19(25)22-14-10-12-29-18(14)21(27)28-2/h5-6,8-10,12,24H,3-4,7,11H2,1-2H3,(H,22,25). The van der Waals surface area contributed by atoms with Gasteiger partial charge in [-0.2, -0.15) is 0 Å². The molecule has 8 heteroatoms. The summed E-state index contributed by atoms with van der Waals surface area (Å²) in [5.41, 5.74) is -0.100. The van der Waals surface area contributed by atoms with E-state index in [1.54, 1.807) is 35.7 Å². The second-order valence-corrected chi connectivity index (χ2v) is 7.43. The van der Waals surface area contributed by atoms with Crippen LogP contribution in [0.3, 0.4) is 0 Å². The predicted molar refractivity (Wildman–Crippen MR) is 113 cm³/mol. The minimum atomic E-state index is -0.772. The number of methoxy groups -OCH3 is 1. The summed E-state index contributed by atoms with van der Waals surface area (Å²) in [6.45, 7) is 2.51. The van der Waals surface area contributed by atoms with Crippen LogP contribution >= 0.6 is 11.3 Å². The van der Waals surface area contributed by atoms with Crippen molar-refractivity contribution in [2.24, 2.45) is 0 Å². The lowest BCUT2D eigenvalue weighted by Gasteiger charge is -2.15. The number of nitrogens with one attached hydrogen (secondary N) is 1. The normalized spacial score (nSPS) is 10.8. The average Bonchev–Trinajstić information content (AvgIpc) is 3.18. The van der Waals surface area contributed by atoms with Gasteiger partial charge in [0, 0.05) is 11.9 Å². The molecule has 0 radical (unpaired) electrons. The van der Waals surface area contributed by atoms with Crippen LogP contribution in [0.4, 0.5) is 5.69 Å². The molecular formula is C21H22N2O5S. The van der Waals surface area contributed by atoms with Crippen molar-refractivity contribution in [2.45, 2.75) is 32.7 Å². The van der Waals surface area contributed by atoms with E-state index in [1.807, 2.05) is 0 Å². The van der Waals surface area contributed by atoms with E-state index in [2.05, 4.69) is 12.2 Å². The zero-order valence-electron chi connectivity index (χ0n) is 16.2. The number of thiophene rings is 1. The number of benzene rings is 1. The first kappa shape index (κ1) is 20.6. The third kappa shape index (κ3) is 4.02. The summed E-state index contributed by atoms with van der Waals surface area (Å²) < 4.78 is 6.23. The minimum Gasteiger partial charge on any atom is -0.506 e. The molecule has 7 nitrogen and oxygen atoms in total. The highest BCUT2D eigenvalue weighted by molar-refractivity contribution is 7.12. The molecule has 0 aliphatic rings. The van der Waals surface area contributed by atoms with Gasteiger partial charge in [0.1, 0.15) is 16.2 Å². The third-order valence-electron chi connectivity index (χ3n) is 4.64. The minimum absolute atomic E-state index is 0.212. The smallest absolute Gasteiger partial charge is 0.350 e. The van der Waals surface area contributed by atoms with Crippen molar-refractivity contribution in [3.63, 3.8) is 0 Å². The number of aryl methyl sites for hydroxylation is 1. The second-order valence-electron chi connectivity index (χ2n) is 6.51. The molecule has 0 atom stereocenters. The number of ether oxygens (including phenoxy) is 1. The average molecular weight is 414 g/mol. The number of carbonyl (C=O) groups excluding carboxylic acids is 2. The Morgan fingerprint density at radius 2 is 1.97 bits per heavy atom. The predicted octanol–water partition coefficient (Wildman–Crippen LogP) is 4.00. The molecule has 0 aliphatic carbocycles. The third-order valence-corrected chi connectivity index (χ3v) is 5.54. The molecule has 0 saturated heterocycles.